The normalized spacial score (nSPS) is 13.3. The van der Waals surface area contributed by atoms with Crippen LogP contribution in [0.3, 0.4) is 0 Å². The Morgan fingerprint density at radius 3 is 2.40 bits per heavy atom. The van der Waals surface area contributed by atoms with E-state index in [1.807, 2.05) is 44.2 Å². The first kappa shape index (κ1) is 31.0. The number of H-pyrrole nitrogens is 1. The van der Waals surface area contributed by atoms with Crippen LogP contribution >= 0.6 is 0 Å². The molecular formula is C34H33N7O6. The fraction of sp³-hybridized carbons (Fsp3) is 0.235. The lowest BCUT2D eigenvalue weighted by molar-refractivity contribution is -0.123. The maximum atomic E-state index is 13.7. The Labute approximate surface area is 268 Å². The Bertz CT molecular complexity index is 2070. The average Bonchev–Trinajstić information content (AvgIpc) is 3.46. The van der Waals surface area contributed by atoms with E-state index < -0.39 is 29.0 Å². The van der Waals surface area contributed by atoms with Crippen LogP contribution in [-0.4, -0.2) is 54.4 Å². The minimum atomic E-state index is -1.11. The summed E-state index contributed by atoms with van der Waals surface area (Å²) >= 11 is 0. The second kappa shape index (κ2) is 13.2. The van der Waals surface area contributed by atoms with Crippen molar-refractivity contribution >= 4 is 23.4 Å². The van der Waals surface area contributed by atoms with Crippen molar-refractivity contribution in [2.75, 3.05) is 6.54 Å². The second-order valence-corrected chi connectivity index (χ2v) is 11.4. The number of pyridine rings is 2. The number of carbonyl (C=O) groups is 3. The monoisotopic (exact) mass is 635 g/mol. The lowest BCUT2D eigenvalue weighted by Gasteiger charge is -2.35. The van der Waals surface area contributed by atoms with E-state index in [-0.39, 0.29) is 42.1 Å². The summed E-state index contributed by atoms with van der Waals surface area (Å²) < 4.78 is 8.88. The molecule has 1 aliphatic heterocycles. The second-order valence-electron chi connectivity index (χ2n) is 11.4. The molecule has 1 atom stereocenters. The van der Waals surface area contributed by atoms with Crippen LogP contribution in [0.15, 0.2) is 94.6 Å². The molecule has 0 saturated heterocycles. The molecule has 2 aromatic carbocycles. The average molecular weight is 636 g/mol. The van der Waals surface area contributed by atoms with Crippen LogP contribution in [0.25, 0.3) is 5.65 Å². The van der Waals surface area contributed by atoms with Crippen LogP contribution in [0.2, 0.25) is 0 Å². The topological polar surface area (TPSA) is 160 Å². The fourth-order valence-electron chi connectivity index (χ4n) is 5.58. The van der Waals surface area contributed by atoms with Crippen LogP contribution in [0, 0.1) is 0 Å². The number of carbonyl (C=O) groups excluding carboxylic acids is 3. The van der Waals surface area contributed by atoms with Gasteiger partial charge < -0.3 is 24.8 Å². The van der Waals surface area contributed by atoms with Crippen molar-refractivity contribution in [3.05, 3.63) is 134 Å². The maximum absolute atomic E-state index is 13.7. The molecule has 3 aromatic heterocycles. The van der Waals surface area contributed by atoms with Crippen LogP contribution in [0.5, 0.6) is 5.75 Å². The van der Waals surface area contributed by atoms with Crippen molar-refractivity contribution in [3.8, 4) is 5.75 Å². The van der Waals surface area contributed by atoms with E-state index in [0.717, 1.165) is 5.56 Å². The molecule has 0 spiro atoms. The van der Waals surface area contributed by atoms with Crippen molar-refractivity contribution in [3.63, 3.8) is 0 Å². The minimum absolute atomic E-state index is 0.0394. The lowest BCUT2D eigenvalue weighted by Crippen LogP contribution is -2.47. The molecule has 0 bridgehead atoms. The molecule has 1 aliphatic rings. The van der Waals surface area contributed by atoms with E-state index in [4.69, 9.17) is 4.74 Å². The molecule has 47 heavy (non-hydrogen) atoms. The molecule has 240 valence electrons. The third-order valence-corrected chi connectivity index (χ3v) is 8.02. The smallest absolute Gasteiger partial charge is 0.347 e. The number of fused-ring (bicyclic) bond motifs is 2. The number of nitrogens with zero attached hydrogens (tertiary/aromatic N) is 4. The molecule has 6 rings (SSSR count). The van der Waals surface area contributed by atoms with Crippen LogP contribution < -0.4 is 26.5 Å². The van der Waals surface area contributed by atoms with Crippen LogP contribution in [0.1, 0.15) is 57.6 Å². The van der Waals surface area contributed by atoms with E-state index >= 15 is 0 Å². The van der Waals surface area contributed by atoms with Crippen molar-refractivity contribution < 1.29 is 19.1 Å². The Hall–Kier alpha value is -5.98. The van der Waals surface area contributed by atoms with E-state index in [9.17, 15) is 24.0 Å². The Morgan fingerprint density at radius 2 is 1.68 bits per heavy atom. The van der Waals surface area contributed by atoms with Crippen molar-refractivity contribution in [1.29, 1.82) is 0 Å². The first-order chi connectivity index (χ1) is 22.7. The molecular weight excluding hydrogens is 602 g/mol. The highest BCUT2D eigenvalue weighted by atomic mass is 16.5. The number of aromatic amines is 1. The molecule has 0 saturated carbocycles. The zero-order valence-corrected chi connectivity index (χ0v) is 25.8. The number of benzene rings is 2. The number of rotatable bonds is 10. The largest absolute Gasteiger partial charge is 0.483 e. The molecule has 4 heterocycles. The summed E-state index contributed by atoms with van der Waals surface area (Å²) in [4.78, 5) is 67.9. The van der Waals surface area contributed by atoms with Gasteiger partial charge >= 0.3 is 5.69 Å². The van der Waals surface area contributed by atoms with Crippen molar-refractivity contribution in [1.82, 2.24) is 34.7 Å². The standard InChI is InChI=1S/C34H33N7O6/c1-21(2)39-15-16-40-25(17-26(42)30(29(40)33(39)45)47-20-22-9-5-3-6-10-22)18-35-32(44)28(23-11-7-4-8-12-23)36-31(43)24-13-14-27-37-38-34(46)41(27)19-24/h3-14,17,19,21,28H,15-16,18,20H2,1-2H3,(H,35,44)(H,36,43)(H,38,46)/t28-/m1/s1. The third-order valence-electron chi connectivity index (χ3n) is 8.02. The van der Waals surface area contributed by atoms with E-state index in [1.165, 1.54) is 28.8 Å². The van der Waals surface area contributed by atoms with Gasteiger partial charge in [0, 0.05) is 37.1 Å². The van der Waals surface area contributed by atoms with Gasteiger partial charge in [0.25, 0.3) is 11.8 Å². The van der Waals surface area contributed by atoms with Gasteiger partial charge in [0.1, 0.15) is 12.6 Å². The highest BCUT2D eigenvalue weighted by Gasteiger charge is 2.33. The molecule has 13 heteroatoms. The number of aromatic nitrogens is 4. The number of ether oxygens (including phenoxy) is 1. The molecule has 0 unspecified atom stereocenters. The third kappa shape index (κ3) is 6.41. The molecule has 3 N–H and O–H groups in total. The summed E-state index contributed by atoms with van der Waals surface area (Å²) in [6.45, 7) is 4.63. The van der Waals surface area contributed by atoms with Gasteiger partial charge in [-0.1, -0.05) is 60.7 Å². The summed E-state index contributed by atoms with van der Waals surface area (Å²) in [6, 6.07) is 21.2. The van der Waals surface area contributed by atoms with Crippen LogP contribution in [0.4, 0.5) is 0 Å². The summed E-state index contributed by atoms with van der Waals surface area (Å²) in [7, 11) is 0. The van der Waals surface area contributed by atoms with Gasteiger partial charge in [0.2, 0.25) is 11.3 Å². The maximum Gasteiger partial charge on any atom is 0.347 e. The summed E-state index contributed by atoms with van der Waals surface area (Å²) in [5, 5.41) is 11.8. The molecule has 0 radical (unpaired) electrons. The van der Waals surface area contributed by atoms with Crippen molar-refractivity contribution in [2.45, 2.75) is 45.6 Å². The lowest BCUT2D eigenvalue weighted by atomic mass is 10.1. The zero-order chi connectivity index (χ0) is 33.1. The SMILES string of the molecule is CC(C)N1CCn2c(CNC(=O)[C@H](NC(=O)c3ccc4n[nH]c(=O)n4c3)c3ccccc3)cc(=O)c(OCc3ccccc3)c2C1=O. The van der Waals surface area contributed by atoms with E-state index in [2.05, 4.69) is 20.8 Å². The van der Waals surface area contributed by atoms with Gasteiger partial charge in [-0.25, -0.2) is 14.3 Å². The van der Waals surface area contributed by atoms with E-state index in [0.29, 0.717) is 30.0 Å². The molecule has 0 fully saturated rings. The van der Waals surface area contributed by atoms with Crippen LogP contribution in [-0.2, 0) is 24.5 Å². The number of amides is 3. The summed E-state index contributed by atoms with van der Waals surface area (Å²) in [6.07, 6.45) is 1.34. The number of hydrogen-bond acceptors (Lipinski definition) is 7. The quantitative estimate of drug-likeness (QED) is 0.213. The molecule has 0 aliphatic carbocycles. The highest BCUT2D eigenvalue weighted by Crippen LogP contribution is 2.25. The predicted molar refractivity (Wildman–Crippen MR) is 172 cm³/mol. The first-order valence-corrected chi connectivity index (χ1v) is 15.2. The van der Waals surface area contributed by atoms with E-state index in [1.54, 1.807) is 39.8 Å². The van der Waals surface area contributed by atoms with Crippen molar-refractivity contribution in [2.24, 2.45) is 0 Å². The first-order valence-electron chi connectivity index (χ1n) is 15.2. The van der Waals surface area contributed by atoms with Gasteiger partial charge in [-0.2, -0.15) is 5.10 Å². The Morgan fingerprint density at radius 1 is 0.957 bits per heavy atom. The van der Waals surface area contributed by atoms with Gasteiger partial charge in [0.05, 0.1) is 12.1 Å². The zero-order valence-electron chi connectivity index (χ0n) is 25.8. The van der Waals surface area contributed by atoms with Gasteiger partial charge in [-0.15, -0.1) is 0 Å². The van der Waals surface area contributed by atoms with Gasteiger partial charge in [0.15, 0.2) is 17.1 Å². The molecule has 3 amide bonds. The minimum Gasteiger partial charge on any atom is -0.483 e. The molecule has 13 nitrogen and oxygen atoms in total. The Kier molecular flexibility index (Phi) is 8.69. The number of nitrogens with one attached hydrogen (secondary N) is 3. The molecule has 5 aromatic rings. The summed E-state index contributed by atoms with van der Waals surface area (Å²) in [5.41, 5.74) is 1.43. The Balaban J connectivity index is 1.27. The highest BCUT2D eigenvalue weighted by molar-refractivity contribution is 5.98. The van der Waals surface area contributed by atoms with Gasteiger partial charge in [-0.05, 0) is 37.1 Å². The predicted octanol–water partition coefficient (Wildman–Crippen LogP) is 2.42. The summed E-state index contributed by atoms with van der Waals surface area (Å²) in [5.74, 6) is -1.50. The fourth-order valence-corrected chi connectivity index (χ4v) is 5.58. The van der Waals surface area contributed by atoms with Gasteiger partial charge in [-0.3, -0.25) is 19.2 Å². The number of hydrogen-bond donors (Lipinski definition) is 3.